The monoisotopic (exact) mass is 506 g/mol. The number of ether oxygens (including phenoxy) is 3. The minimum absolute atomic E-state index is 0.0676. The molecule has 2 heterocycles. The van der Waals surface area contributed by atoms with E-state index in [0.29, 0.717) is 17.0 Å². The minimum atomic E-state index is -1.21. The number of halogens is 2. The van der Waals surface area contributed by atoms with E-state index in [0.717, 1.165) is 17.4 Å². The van der Waals surface area contributed by atoms with Gasteiger partial charge in [-0.15, -0.1) is 0 Å². The fourth-order valence-corrected chi connectivity index (χ4v) is 4.37. The van der Waals surface area contributed by atoms with Gasteiger partial charge in [0.1, 0.15) is 30.3 Å². The van der Waals surface area contributed by atoms with Gasteiger partial charge in [-0.3, -0.25) is 9.59 Å². The summed E-state index contributed by atoms with van der Waals surface area (Å²) in [6.45, 7) is 3.94. The Bertz CT molecular complexity index is 1600. The number of aromatic nitrogens is 1. The standard InChI is InChI=1S/C28H24F2N2O5/c1-15-13-37-27-24(30)21(29)11-19-25(27)32(15)12-20(26(19)33)28(34)31-22-8-5-9-23(16(22)2)36-14-17-6-4-7-18(10-17)35-3/h4-12,15H,13-14H2,1-3H3,(H,31,34)/t15-/m0/s1. The van der Waals surface area contributed by atoms with Crippen LogP contribution in [0.5, 0.6) is 17.2 Å². The van der Waals surface area contributed by atoms with E-state index >= 15 is 0 Å². The van der Waals surface area contributed by atoms with Crippen molar-refractivity contribution >= 4 is 22.5 Å². The maximum Gasteiger partial charge on any atom is 0.261 e. The second-order valence-corrected chi connectivity index (χ2v) is 8.86. The average Bonchev–Trinajstić information content (AvgIpc) is 2.90. The van der Waals surface area contributed by atoms with Gasteiger partial charge < -0.3 is 24.1 Å². The fraction of sp³-hybridized carbons (Fsp3) is 0.214. The van der Waals surface area contributed by atoms with E-state index in [1.54, 1.807) is 43.7 Å². The van der Waals surface area contributed by atoms with Gasteiger partial charge in [-0.1, -0.05) is 18.2 Å². The molecule has 9 heteroatoms. The molecule has 0 unspecified atom stereocenters. The van der Waals surface area contributed by atoms with Gasteiger partial charge in [0, 0.05) is 17.4 Å². The number of rotatable bonds is 6. The van der Waals surface area contributed by atoms with Gasteiger partial charge in [-0.2, -0.15) is 4.39 Å². The maximum atomic E-state index is 14.3. The third-order valence-electron chi connectivity index (χ3n) is 6.42. The first kappa shape index (κ1) is 24.3. The van der Waals surface area contributed by atoms with Gasteiger partial charge >= 0.3 is 0 Å². The quantitative estimate of drug-likeness (QED) is 0.380. The van der Waals surface area contributed by atoms with Gasteiger partial charge in [-0.25, -0.2) is 4.39 Å². The van der Waals surface area contributed by atoms with Crippen molar-refractivity contribution in [3.05, 3.63) is 93.3 Å². The highest BCUT2D eigenvalue weighted by Crippen LogP contribution is 2.35. The summed E-state index contributed by atoms with van der Waals surface area (Å²) in [6.07, 6.45) is 1.37. The van der Waals surface area contributed by atoms with Crippen LogP contribution in [0.25, 0.3) is 10.9 Å². The summed E-state index contributed by atoms with van der Waals surface area (Å²) < 4.78 is 46.7. The number of nitrogens with one attached hydrogen (secondary N) is 1. The van der Waals surface area contributed by atoms with Crippen LogP contribution in [0.3, 0.4) is 0 Å². The van der Waals surface area contributed by atoms with Crippen molar-refractivity contribution in [2.45, 2.75) is 26.5 Å². The van der Waals surface area contributed by atoms with Gasteiger partial charge in [0.2, 0.25) is 11.2 Å². The van der Waals surface area contributed by atoms with Crippen LogP contribution in [-0.4, -0.2) is 24.2 Å². The van der Waals surface area contributed by atoms with Gasteiger partial charge in [0.25, 0.3) is 5.91 Å². The summed E-state index contributed by atoms with van der Waals surface area (Å²) in [5.74, 6) is -2.10. The second kappa shape index (κ2) is 9.57. The Balaban J connectivity index is 1.45. The Kier molecular flexibility index (Phi) is 6.29. The molecule has 0 fully saturated rings. The highest BCUT2D eigenvalue weighted by Gasteiger charge is 2.28. The molecule has 1 aromatic heterocycles. The number of benzene rings is 3. The smallest absolute Gasteiger partial charge is 0.261 e. The van der Waals surface area contributed by atoms with Crippen LogP contribution in [0.1, 0.15) is 34.5 Å². The molecule has 1 aliphatic rings. The summed E-state index contributed by atoms with van der Waals surface area (Å²) in [7, 11) is 1.59. The second-order valence-electron chi connectivity index (χ2n) is 8.86. The van der Waals surface area contributed by atoms with E-state index in [1.807, 2.05) is 24.3 Å². The number of hydrogen-bond acceptors (Lipinski definition) is 5. The van der Waals surface area contributed by atoms with Crippen molar-refractivity contribution in [3.8, 4) is 17.2 Å². The highest BCUT2D eigenvalue weighted by atomic mass is 19.2. The first-order valence-corrected chi connectivity index (χ1v) is 11.6. The number of carbonyl (C=O) groups is 1. The molecule has 7 nitrogen and oxygen atoms in total. The fourth-order valence-electron chi connectivity index (χ4n) is 4.37. The number of carbonyl (C=O) groups excluding carboxylic acids is 1. The average molecular weight is 507 g/mol. The lowest BCUT2D eigenvalue weighted by Crippen LogP contribution is -2.29. The number of amides is 1. The van der Waals surface area contributed by atoms with Gasteiger partial charge in [0.15, 0.2) is 11.6 Å². The molecule has 0 aliphatic carbocycles. The lowest BCUT2D eigenvalue weighted by molar-refractivity contribution is 0.102. The molecule has 0 spiro atoms. The Morgan fingerprint density at radius 3 is 2.76 bits per heavy atom. The molecule has 3 aromatic carbocycles. The first-order valence-electron chi connectivity index (χ1n) is 11.6. The summed E-state index contributed by atoms with van der Waals surface area (Å²) in [6, 6.07) is 13.2. The zero-order valence-electron chi connectivity index (χ0n) is 20.4. The van der Waals surface area contributed by atoms with Crippen LogP contribution >= 0.6 is 0 Å². The molecule has 1 N–H and O–H groups in total. The van der Waals surface area contributed by atoms with Crippen molar-refractivity contribution in [1.82, 2.24) is 4.57 Å². The van der Waals surface area contributed by atoms with Crippen LogP contribution < -0.4 is 25.0 Å². The van der Waals surface area contributed by atoms with Crippen molar-refractivity contribution in [1.29, 1.82) is 0 Å². The van der Waals surface area contributed by atoms with E-state index < -0.39 is 23.0 Å². The molecule has 1 aliphatic heterocycles. The minimum Gasteiger partial charge on any atom is -0.497 e. The van der Waals surface area contributed by atoms with Gasteiger partial charge in [0.05, 0.1) is 24.1 Å². The third-order valence-corrected chi connectivity index (χ3v) is 6.42. The zero-order chi connectivity index (χ0) is 26.3. The van der Waals surface area contributed by atoms with Crippen LogP contribution in [0.2, 0.25) is 0 Å². The topological polar surface area (TPSA) is 78.8 Å². The van der Waals surface area contributed by atoms with Crippen LogP contribution in [0.15, 0.2) is 59.5 Å². The molecular weight excluding hydrogens is 482 g/mol. The molecule has 4 aromatic rings. The Labute approximate surface area is 211 Å². The summed E-state index contributed by atoms with van der Waals surface area (Å²) in [5, 5.41) is 2.64. The molecule has 1 amide bonds. The summed E-state index contributed by atoms with van der Waals surface area (Å²) in [5.41, 5.74) is 1.24. The van der Waals surface area contributed by atoms with E-state index in [4.69, 9.17) is 14.2 Å². The van der Waals surface area contributed by atoms with Gasteiger partial charge in [-0.05, 0) is 49.7 Å². The van der Waals surface area contributed by atoms with Crippen molar-refractivity contribution in [2.24, 2.45) is 0 Å². The zero-order valence-corrected chi connectivity index (χ0v) is 20.4. The molecule has 190 valence electrons. The lowest BCUT2D eigenvalue weighted by atomic mass is 10.1. The Hall–Kier alpha value is -4.40. The first-order chi connectivity index (χ1) is 17.8. The van der Waals surface area contributed by atoms with E-state index in [1.165, 1.54) is 6.20 Å². The highest BCUT2D eigenvalue weighted by molar-refractivity contribution is 6.06. The SMILES string of the molecule is COc1cccc(COc2cccc(NC(=O)c3cn4c5c(c(F)c(F)cc5c3=O)OC[C@@H]4C)c2C)c1. The summed E-state index contributed by atoms with van der Waals surface area (Å²) >= 11 is 0. The van der Waals surface area contributed by atoms with Crippen LogP contribution in [0.4, 0.5) is 14.5 Å². The molecular formula is C28H24F2N2O5. The maximum absolute atomic E-state index is 14.3. The number of hydrogen-bond donors (Lipinski definition) is 1. The van der Waals surface area contributed by atoms with Crippen LogP contribution in [-0.2, 0) is 6.61 Å². The number of pyridine rings is 1. The molecule has 37 heavy (non-hydrogen) atoms. The van der Waals surface area contributed by atoms with E-state index in [9.17, 15) is 18.4 Å². The molecule has 5 rings (SSSR count). The largest absolute Gasteiger partial charge is 0.497 e. The number of nitrogens with zero attached hydrogens (tertiary/aromatic N) is 1. The Morgan fingerprint density at radius 1 is 1.19 bits per heavy atom. The van der Waals surface area contributed by atoms with Crippen molar-refractivity contribution in [3.63, 3.8) is 0 Å². The molecule has 0 saturated heterocycles. The molecule has 0 bridgehead atoms. The predicted octanol–water partition coefficient (Wildman–Crippen LogP) is 5.38. The number of anilines is 1. The normalized spacial score (nSPS) is 14.2. The lowest BCUT2D eigenvalue weighted by Gasteiger charge is -2.27. The molecule has 1 atom stereocenters. The van der Waals surface area contributed by atoms with Crippen LogP contribution in [0, 0.1) is 18.6 Å². The van der Waals surface area contributed by atoms with E-state index in [2.05, 4.69) is 5.32 Å². The third kappa shape index (κ3) is 4.37. The molecule has 0 saturated carbocycles. The van der Waals surface area contributed by atoms with E-state index in [-0.39, 0.29) is 41.5 Å². The van der Waals surface area contributed by atoms with Crippen molar-refractivity contribution in [2.75, 3.05) is 19.0 Å². The predicted molar refractivity (Wildman–Crippen MR) is 135 cm³/mol. The molecule has 0 radical (unpaired) electrons. The van der Waals surface area contributed by atoms with Crippen molar-refractivity contribution < 1.29 is 27.8 Å². The number of methoxy groups -OCH3 is 1. The Morgan fingerprint density at radius 2 is 1.97 bits per heavy atom. The summed E-state index contributed by atoms with van der Waals surface area (Å²) in [4.78, 5) is 26.4.